The Balaban J connectivity index is 2.44. The van der Waals surface area contributed by atoms with Crippen LogP contribution in [0.5, 0.6) is 0 Å². The number of amides is 1. The highest BCUT2D eigenvalue weighted by Crippen LogP contribution is 2.24. The van der Waals surface area contributed by atoms with Crippen molar-refractivity contribution in [3.63, 3.8) is 0 Å². The molecule has 1 heterocycles. The van der Waals surface area contributed by atoms with Gasteiger partial charge in [0, 0.05) is 13.1 Å². The SMILES string of the molecule is CC(C)(C)CC(CN)C(=O)NCc1ccsc1. The van der Waals surface area contributed by atoms with Crippen molar-refractivity contribution in [2.45, 2.75) is 33.7 Å². The van der Waals surface area contributed by atoms with Crippen LogP contribution in [0, 0.1) is 11.3 Å². The normalized spacial score (nSPS) is 13.4. The molecule has 3 nitrogen and oxygen atoms in total. The minimum Gasteiger partial charge on any atom is -0.352 e. The van der Waals surface area contributed by atoms with E-state index in [-0.39, 0.29) is 17.2 Å². The van der Waals surface area contributed by atoms with Crippen LogP contribution in [0.15, 0.2) is 16.8 Å². The molecule has 0 aliphatic rings. The molecule has 0 radical (unpaired) electrons. The van der Waals surface area contributed by atoms with Crippen LogP contribution in [0.4, 0.5) is 0 Å². The standard InChI is InChI=1S/C13H22N2OS/c1-13(2,3)6-11(7-14)12(16)15-8-10-4-5-17-9-10/h4-5,9,11H,6-8,14H2,1-3H3,(H,15,16). The summed E-state index contributed by atoms with van der Waals surface area (Å²) >= 11 is 1.64. The Hall–Kier alpha value is -0.870. The van der Waals surface area contributed by atoms with Crippen molar-refractivity contribution in [1.82, 2.24) is 5.32 Å². The smallest absolute Gasteiger partial charge is 0.224 e. The van der Waals surface area contributed by atoms with Gasteiger partial charge in [-0.15, -0.1) is 0 Å². The number of carbonyl (C=O) groups is 1. The van der Waals surface area contributed by atoms with Gasteiger partial charge in [0.25, 0.3) is 0 Å². The van der Waals surface area contributed by atoms with Crippen LogP contribution in [0.1, 0.15) is 32.8 Å². The number of rotatable bonds is 5. The third-order valence-corrected chi connectivity index (χ3v) is 3.29. The first-order valence-electron chi connectivity index (χ1n) is 5.91. The van der Waals surface area contributed by atoms with Crippen LogP contribution >= 0.6 is 11.3 Å². The molecule has 17 heavy (non-hydrogen) atoms. The van der Waals surface area contributed by atoms with Crippen LogP contribution in [0.2, 0.25) is 0 Å². The molecule has 1 aromatic rings. The molecule has 3 N–H and O–H groups in total. The van der Waals surface area contributed by atoms with E-state index in [0.717, 1.165) is 12.0 Å². The first kappa shape index (κ1) is 14.2. The maximum atomic E-state index is 12.0. The van der Waals surface area contributed by atoms with Gasteiger partial charge in [0.1, 0.15) is 0 Å². The topological polar surface area (TPSA) is 55.1 Å². The van der Waals surface area contributed by atoms with Crippen LogP contribution in [-0.4, -0.2) is 12.5 Å². The molecule has 0 fully saturated rings. The first-order chi connectivity index (χ1) is 7.92. The second kappa shape index (κ2) is 6.17. The third-order valence-electron chi connectivity index (χ3n) is 2.56. The summed E-state index contributed by atoms with van der Waals surface area (Å²) in [7, 11) is 0. The third kappa shape index (κ3) is 5.33. The van der Waals surface area contributed by atoms with Gasteiger partial charge in [0.15, 0.2) is 0 Å². The minimum absolute atomic E-state index is 0.0635. The van der Waals surface area contributed by atoms with E-state index in [1.54, 1.807) is 11.3 Å². The van der Waals surface area contributed by atoms with Crippen LogP contribution in [0.3, 0.4) is 0 Å². The van der Waals surface area contributed by atoms with Crippen LogP contribution in [-0.2, 0) is 11.3 Å². The van der Waals surface area contributed by atoms with Crippen molar-refractivity contribution < 1.29 is 4.79 Å². The Kier molecular flexibility index (Phi) is 5.15. The molecule has 0 saturated heterocycles. The maximum absolute atomic E-state index is 12.0. The summed E-state index contributed by atoms with van der Waals surface area (Å²) in [5.74, 6) is -0.0257. The fourth-order valence-electron chi connectivity index (χ4n) is 1.75. The van der Waals surface area contributed by atoms with Crippen molar-refractivity contribution in [3.05, 3.63) is 22.4 Å². The summed E-state index contributed by atoms with van der Waals surface area (Å²) in [4.78, 5) is 12.0. The predicted molar refractivity (Wildman–Crippen MR) is 72.8 cm³/mol. The van der Waals surface area contributed by atoms with Gasteiger partial charge in [0.05, 0.1) is 5.92 Å². The molecule has 4 heteroatoms. The molecule has 96 valence electrons. The van der Waals surface area contributed by atoms with Gasteiger partial charge in [-0.25, -0.2) is 0 Å². The Bertz CT molecular complexity index is 341. The highest BCUT2D eigenvalue weighted by atomic mass is 32.1. The van der Waals surface area contributed by atoms with E-state index in [0.29, 0.717) is 13.1 Å². The fourth-order valence-corrected chi connectivity index (χ4v) is 2.42. The van der Waals surface area contributed by atoms with Gasteiger partial charge in [-0.1, -0.05) is 20.8 Å². The van der Waals surface area contributed by atoms with Gasteiger partial charge in [-0.05, 0) is 34.2 Å². The summed E-state index contributed by atoms with van der Waals surface area (Å²) in [6, 6.07) is 2.02. The molecule has 0 spiro atoms. The Morgan fingerprint density at radius 3 is 2.71 bits per heavy atom. The second-order valence-corrected chi connectivity index (χ2v) is 6.33. The van der Waals surface area contributed by atoms with E-state index in [1.165, 1.54) is 0 Å². The van der Waals surface area contributed by atoms with E-state index < -0.39 is 0 Å². The summed E-state index contributed by atoms with van der Waals surface area (Å²) < 4.78 is 0. The Morgan fingerprint density at radius 2 is 2.24 bits per heavy atom. The number of carbonyl (C=O) groups excluding carboxylic acids is 1. The number of thiophene rings is 1. The first-order valence-corrected chi connectivity index (χ1v) is 6.85. The summed E-state index contributed by atoms with van der Waals surface area (Å²) in [5.41, 5.74) is 6.95. The van der Waals surface area contributed by atoms with Crippen LogP contribution < -0.4 is 11.1 Å². The van der Waals surface area contributed by atoms with E-state index in [4.69, 9.17) is 5.73 Å². The van der Waals surface area contributed by atoms with E-state index in [1.807, 2.05) is 16.8 Å². The van der Waals surface area contributed by atoms with Crippen molar-refractivity contribution >= 4 is 17.2 Å². The molecule has 1 aromatic heterocycles. The van der Waals surface area contributed by atoms with Gasteiger partial charge >= 0.3 is 0 Å². The number of nitrogens with two attached hydrogens (primary N) is 1. The highest BCUT2D eigenvalue weighted by Gasteiger charge is 2.23. The quantitative estimate of drug-likeness (QED) is 0.847. The molecule has 1 rings (SSSR count). The molecule has 0 bridgehead atoms. The van der Waals surface area contributed by atoms with E-state index in [9.17, 15) is 4.79 Å². The summed E-state index contributed by atoms with van der Waals surface area (Å²) in [6.45, 7) is 7.39. The average Bonchev–Trinajstić information content (AvgIpc) is 2.74. The Morgan fingerprint density at radius 1 is 1.53 bits per heavy atom. The molecule has 0 saturated carbocycles. The lowest BCUT2D eigenvalue weighted by molar-refractivity contribution is -0.125. The summed E-state index contributed by atoms with van der Waals surface area (Å²) in [5, 5.41) is 7.00. The van der Waals surface area contributed by atoms with Gasteiger partial charge in [-0.3, -0.25) is 4.79 Å². The lowest BCUT2D eigenvalue weighted by atomic mass is 9.84. The lowest BCUT2D eigenvalue weighted by Gasteiger charge is -2.24. The molecular formula is C13H22N2OS. The lowest BCUT2D eigenvalue weighted by Crippen LogP contribution is -2.36. The monoisotopic (exact) mass is 254 g/mol. The average molecular weight is 254 g/mol. The molecular weight excluding hydrogens is 232 g/mol. The molecule has 1 unspecified atom stereocenters. The van der Waals surface area contributed by atoms with Gasteiger partial charge in [0.2, 0.25) is 5.91 Å². The number of hydrogen-bond donors (Lipinski definition) is 2. The zero-order valence-corrected chi connectivity index (χ0v) is 11.6. The fraction of sp³-hybridized carbons (Fsp3) is 0.615. The van der Waals surface area contributed by atoms with E-state index >= 15 is 0 Å². The van der Waals surface area contributed by atoms with Gasteiger partial charge < -0.3 is 11.1 Å². The maximum Gasteiger partial charge on any atom is 0.224 e. The van der Waals surface area contributed by atoms with Gasteiger partial charge in [-0.2, -0.15) is 11.3 Å². The van der Waals surface area contributed by atoms with Crippen molar-refractivity contribution in [2.24, 2.45) is 17.1 Å². The molecule has 0 aliphatic heterocycles. The molecule has 0 aliphatic carbocycles. The minimum atomic E-state index is -0.0892. The number of nitrogens with one attached hydrogen (secondary N) is 1. The summed E-state index contributed by atoms with van der Waals surface area (Å²) in [6.07, 6.45) is 0.818. The largest absolute Gasteiger partial charge is 0.352 e. The Labute approximate surface area is 107 Å². The number of hydrogen-bond acceptors (Lipinski definition) is 3. The second-order valence-electron chi connectivity index (χ2n) is 5.55. The predicted octanol–water partition coefficient (Wildman–Crippen LogP) is 2.38. The molecule has 1 amide bonds. The zero-order chi connectivity index (χ0) is 12.9. The van der Waals surface area contributed by atoms with Crippen molar-refractivity contribution in [2.75, 3.05) is 6.54 Å². The highest BCUT2D eigenvalue weighted by molar-refractivity contribution is 7.07. The van der Waals surface area contributed by atoms with Crippen molar-refractivity contribution in [1.29, 1.82) is 0 Å². The van der Waals surface area contributed by atoms with Crippen molar-refractivity contribution in [3.8, 4) is 0 Å². The molecule has 1 atom stereocenters. The van der Waals surface area contributed by atoms with E-state index in [2.05, 4.69) is 26.1 Å². The molecule has 0 aromatic carbocycles. The van der Waals surface area contributed by atoms with Crippen LogP contribution in [0.25, 0.3) is 0 Å². The zero-order valence-electron chi connectivity index (χ0n) is 10.8.